The number of rotatable bonds is 7. The van der Waals surface area contributed by atoms with Crippen molar-refractivity contribution in [1.82, 2.24) is 15.0 Å². The van der Waals surface area contributed by atoms with E-state index >= 15 is 0 Å². The maximum Gasteiger partial charge on any atom is 0.233 e. The van der Waals surface area contributed by atoms with E-state index in [1.165, 1.54) is 11.1 Å². The zero-order valence-corrected chi connectivity index (χ0v) is 19.2. The fourth-order valence-corrected chi connectivity index (χ4v) is 2.66. The molecule has 3 aromatic rings. The van der Waals surface area contributed by atoms with Crippen LogP contribution in [0.5, 0.6) is 0 Å². The number of nitrogens with one attached hydrogen (secondary N) is 3. The average Bonchev–Trinajstić information content (AvgIpc) is 2.74. The first-order chi connectivity index (χ1) is 14.4. The SMILES string of the molecule is CC.CCC(C)Nc1nc(Nc2ccc(C)c(C)c2)nc(Nc2ccccc2C)n1. The minimum Gasteiger partial charge on any atom is -0.352 e. The Morgan fingerprint density at radius 2 is 1.40 bits per heavy atom. The molecule has 0 aliphatic heterocycles. The third kappa shape index (κ3) is 6.44. The summed E-state index contributed by atoms with van der Waals surface area (Å²) in [6.45, 7) is 14.5. The highest BCUT2D eigenvalue weighted by molar-refractivity contribution is 5.62. The molecule has 0 saturated heterocycles. The van der Waals surface area contributed by atoms with Gasteiger partial charge in [-0.05, 0) is 69.0 Å². The highest BCUT2D eigenvalue weighted by Gasteiger charge is 2.10. The fraction of sp³-hybridized carbons (Fsp3) is 0.375. The molecule has 160 valence electrons. The number of hydrogen-bond acceptors (Lipinski definition) is 6. The van der Waals surface area contributed by atoms with Gasteiger partial charge in [-0.3, -0.25) is 0 Å². The molecule has 0 aliphatic rings. The lowest BCUT2D eigenvalue weighted by atomic mass is 10.1. The summed E-state index contributed by atoms with van der Waals surface area (Å²) in [4.78, 5) is 13.7. The monoisotopic (exact) mass is 406 g/mol. The molecule has 2 aromatic carbocycles. The Morgan fingerprint density at radius 1 is 0.767 bits per heavy atom. The van der Waals surface area contributed by atoms with Gasteiger partial charge in [-0.1, -0.05) is 45.0 Å². The first-order valence-electron chi connectivity index (χ1n) is 10.6. The minimum atomic E-state index is 0.267. The van der Waals surface area contributed by atoms with Gasteiger partial charge in [0.2, 0.25) is 17.8 Å². The van der Waals surface area contributed by atoms with Crippen molar-refractivity contribution in [3.8, 4) is 0 Å². The largest absolute Gasteiger partial charge is 0.352 e. The summed E-state index contributed by atoms with van der Waals surface area (Å²) in [7, 11) is 0. The summed E-state index contributed by atoms with van der Waals surface area (Å²) in [6.07, 6.45) is 0.978. The van der Waals surface area contributed by atoms with Crippen LogP contribution < -0.4 is 16.0 Å². The quantitative estimate of drug-likeness (QED) is 0.415. The summed E-state index contributed by atoms with van der Waals surface area (Å²) in [6, 6.07) is 14.5. The highest BCUT2D eigenvalue weighted by Crippen LogP contribution is 2.22. The molecule has 1 aromatic heterocycles. The molecule has 0 bridgehead atoms. The van der Waals surface area contributed by atoms with Crippen molar-refractivity contribution >= 4 is 29.2 Å². The third-order valence-corrected chi connectivity index (χ3v) is 4.78. The van der Waals surface area contributed by atoms with Crippen molar-refractivity contribution in [3.05, 3.63) is 59.2 Å². The highest BCUT2D eigenvalue weighted by atomic mass is 15.3. The van der Waals surface area contributed by atoms with Crippen LogP contribution in [0.4, 0.5) is 29.2 Å². The van der Waals surface area contributed by atoms with Crippen LogP contribution in [0, 0.1) is 20.8 Å². The predicted octanol–water partition coefficient (Wildman–Crippen LogP) is 6.52. The molecule has 0 aliphatic carbocycles. The van der Waals surface area contributed by atoms with Crippen molar-refractivity contribution < 1.29 is 0 Å². The van der Waals surface area contributed by atoms with Gasteiger partial charge in [-0.25, -0.2) is 0 Å². The van der Waals surface area contributed by atoms with E-state index in [0.717, 1.165) is 23.4 Å². The summed E-state index contributed by atoms with van der Waals surface area (Å²) in [5.74, 6) is 1.55. The Morgan fingerprint density at radius 3 is 2.03 bits per heavy atom. The predicted molar refractivity (Wildman–Crippen MR) is 128 cm³/mol. The Labute approximate surface area is 180 Å². The summed E-state index contributed by atoms with van der Waals surface area (Å²) in [5, 5.41) is 9.95. The second-order valence-corrected chi connectivity index (χ2v) is 7.12. The van der Waals surface area contributed by atoms with Crippen LogP contribution in [0.1, 0.15) is 50.8 Å². The number of nitrogens with zero attached hydrogens (tertiary/aromatic N) is 3. The van der Waals surface area contributed by atoms with Gasteiger partial charge in [0.25, 0.3) is 0 Å². The molecule has 0 saturated carbocycles. The Hall–Kier alpha value is -3.15. The molecular formula is C24H34N6. The second-order valence-electron chi connectivity index (χ2n) is 7.12. The van der Waals surface area contributed by atoms with E-state index in [1.807, 2.05) is 38.1 Å². The number of hydrogen-bond donors (Lipinski definition) is 3. The van der Waals surface area contributed by atoms with E-state index in [0.29, 0.717) is 17.8 Å². The van der Waals surface area contributed by atoms with Crippen molar-refractivity contribution in [2.45, 2.75) is 60.9 Å². The molecular weight excluding hydrogens is 372 g/mol. The zero-order valence-electron chi connectivity index (χ0n) is 19.2. The van der Waals surface area contributed by atoms with Crippen molar-refractivity contribution in [1.29, 1.82) is 0 Å². The second kappa shape index (κ2) is 11.1. The molecule has 3 N–H and O–H groups in total. The molecule has 0 radical (unpaired) electrons. The smallest absolute Gasteiger partial charge is 0.233 e. The van der Waals surface area contributed by atoms with Gasteiger partial charge >= 0.3 is 0 Å². The Bertz CT molecular complexity index is 954. The molecule has 1 heterocycles. The maximum absolute atomic E-state index is 4.57. The van der Waals surface area contributed by atoms with Crippen LogP contribution in [0.15, 0.2) is 42.5 Å². The van der Waals surface area contributed by atoms with Crippen LogP contribution in [0.2, 0.25) is 0 Å². The van der Waals surface area contributed by atoms with E-state index in [-0.39, 0.29) is 6.04 Å². The number of benzene rings is 2. The lowest BCUT2D eigenvalue weighted by molar-refractivity contribution is 0.751. The first kappa shape index (κ1) is 23.1. The van der Waals surface area contributed by atoms with Gasteiger partial charge < -0.3 is 16.0 Å². The van der Waals surface area contributed by atoms with Crippen molar-refractivity contribution in [3.63, 3.8) is 0 Å². The van der Waals surface area contributed by atoms with Crippen molar-refractivity contribution in [2.75, 3.05) is 16.0 Å². The molecule has 1 atom stereocenters. The maximum atomic E-state index is 4.57. The number of para-hydroxylation sites is 1. The summed E-state index contributed by atoms with van der Waals surface area (Å²) >= 11 is 0. The van der Waals surface area contributed by atoms with Crippen LogP contribution >= 0.6 is 0 Å². The lowest BCUT2D eigenvalue weighted by Crippen LogP contribution is -2.17. The summed E-state index contributed by atoms with van der Waals surface area (Å²) < 4.78 is 0. The molecule has 0 fully saturated rings. The van der Waals surface area contributed by atoms with Gasteiger partial charge in [0.05, 0.1) is 0 Å². The fourth-order valence-electron chi connectivity index (χ4n) is 2.66. The van der Waals surface area contributed by atoms with Gasteiger partial charge in [0.15, 0.2) is 0 Å². The normalized spacial score (nSPS) is 11.2. The number of anilines is 5. The minimum absolute atomic E-state index is 0.267. The number of aryl methyl sites for hydroxylation is 3. The summed E-state index contributed by atoms with van der Waals surface area (Å²) in [5.41, 5.74) is 5.52. The van der Waals surface area contributed by atoms with Gasteiger partial charge in [0, 0.05) is 17.4 Å². The first-order valence-corrected chi connectivity index (χ1v) is 10.6. The van der Waals surface area contributed by atoms with Crippen LogP contribution in [-0.4, -0.2) is 21.0 Å². The van der Waals surface area contributed by atoms with Crippen LogP contribution in [0.25, 0.3) is 0 Å². The molecule has 6 heteroatoms. The molecule has 3 rings (SSSR count). The zero-order chi connectivity index (χ0) is 22.1. The van der Waals surface area contributed by atoms with Gasteiger partial charge in [-0.15, -0.1) is 0 Å². The molecule has 0 amide bonds. The van der Waals surface area contributed by atoms with Gasteiger partial charge in [0.1, 0.15) is 0 Å². The van der Waals surface area contributed by atoms with E-state index in [1.54, 1.807) is 0 Å². The average molecular weight is 407 g/mol. The van der Waals surface area contributed by atoms with Gasteiger partial charge in [-0.2, -0.15) is 15.0 Å². The van der Waals surface area contributed by atoms with E-state index in [9.17, 15) is 0 Å². The van der Waals surface area contributed by atoms with E-state index in [4.69, 9.17) is 0 Å². The third-order valence-electron chi connectivity index (χ3n) is 4.78. The number of aromatic nitrogens is 3. The Kier molecular flexibility index (Phi) is 8.59. The molecule has 6 nitrogen and oxygen atoms in total. The molecule has 0 spiro atoms. The topological polar surface area (TPSA) is 74.8 Å². The standard InChI is InChI=1S/C22H28N6.C2H6/c1-6-17(5)23-20-26-21(24-18-12-11-14(2)16(4)13-18)28-22(27-20)25-19-10-8-7-9-15(19)3;1-2/h7-13,17H,6H2,1-5H3,(H3,23,24,25,26,27,28);1-2H3. The van der Waals surface area contributed by atoms with Crippen LogP contribution in [0.3, 0.4) is 0 Å². The lowest BCUT2D eigenvalue weighted by Gasteiger charge is -2.15. The molecule has 1 unspecified atom stereocenters. The van der Waals surface area contributed by atoms with Crippen molar-refractivity contribution in [2.24, 2.45) is 0 Å². The van der Waals surface area contributed by atoms with E-state index in [2.05, 4.69) is 83.7 Å². The van der Waals surface area contributed by atoms with E-state index < -0.39 is 0 Å². The molecule has 30 heavy (non-hydrogen) atoms. The van der Waals surface area contributed by atoms with Crippen LogP contribution in [-0.2, 0) is 0 Å². The Balaban J connectivity index is 0.00000155.